The number of rotatable bonds is 4. The van der Waals surface area contributed by atoms with Crippen molar-refractivity contribution in [3.63, 3.8) is 0 Å². The van der Waals surface area contributed by atoms with Crippen LogP contribution in [0.4, 0.5) is 0 Å². The highest BCUT2D eigenvalue weighted by Crippen LogP contribution is 2.89. The lowest BCUT2D eigenvalue weighted by atomic mass is 9.41. The van der Waals surface area contributed by atoms with E-state index in [4.69, 9.17) is 9.47 Å². The van der Waals surface area contributed by atoms with Gasteiger partial charge in [-0.15, -0.1) is 0 Å². The van der Waals surface area contributed by atoms with E-state index in [-0.39, 0.29) is 22.9 Å². The number of fused-ring (bicyclic) bond motifs is 4. The fraction of sp³-hybridized carbons (Fsp3) is 0.970. The molecule has 6 aliphatic rings. The summed E-state index contributed by atoms with van der Waals surface area (Å²) < 4.78 is 12.5. The molecule has 13 unspecified atom stereocenters. The monoisotopic (exact) mass is 545 g/mol. The fourth-order valence-corrected chi connectivity index (χ4v) is 12.9. The number of hydrogen-bond donors (Lipinski definition) is 3. The van der Waals surface area contributed by atoms with Crippen molar-refractivity contribution in [2.45, 2.75) is 143 Å². The van der Waals surface area contributed by atoms with Crippen molar-refractivity contribution in [1.82, 2.24) is 5.32 Å². The molecule has 1 aliphatic heterocycles. The van der Waals surface area contributed by atoms with Crippen LogP contribution in [0.5, 0.6) is 0 Å². The Balaban J connectivity index is 1.34. The largest absolute Gasteiger partial charge is 0.457 e. The Kier molecular flexibility index (Phi) is 6.16. The Labute approximate surface area is 236 Å². The predicted octanol–water partition coefficient (Wildman–Crippen LogP) is 5.09. The molecule has 2 spiro atoms. The molecule has 5 saturated carbocycles. The van der Waals surface area contributed by atoms with Gasteiger partial charge in [0.15, 0.2) is 6.10 Å². The number of carbonyl (C=O) groups is 1. The predicted molar refractivity (Wildman–Crippen MR) is 151 cm³/mol. The van der Waals surface area contributed by atoms with Gasteiger partial charge in [-0.25, -0.2) is 0 Å². The maximum atomic E-state index is 12.4. The zero-order valence-electron chi connectivity index (χ0n) is 26.0. The highest BCUT2D eigenvalue weighted by molar-refractivity contribution is 5.66. The standard InChI is InChI=1S/C33H55NO5/c1-18-16-20(27(29(5,6)37)38-19(2)35)39-25-24(18)30(7)14-15-33-17-32(33)13-12-23(34-9)28(3,4)21(32)10-11-22(33)31(30,8)26(25)36/h18,20-27,34,36-37H,10-17H2,1-9H3. The van der Waals surface area contributed by atoms with Gasteiger partial charge in [0.05, 0.1) is 23.9 Å². The molecule has 0 aromatic carbocycles. The molecule has 0 aromatic heterocycles. The van der Waals surface area contributed by atoms with Crippen LogP contribution in [-0.4, -0.2) is 59.3 Å². The molecule has 0 aromatic rings. The average Bonchev–Trinajstić information content (AvgIpc) is 3.46. The summed E-state index contributed by atoms with van der Waals surface area (Å²) in [6.45, 7) is 17.0. The summed E-state index contributed by atoms with van der Waals surface area (Å²) >= 11 is 0. The van der Waals surface area contributed by atoms with Crippen LogP contribution in [-0.2, 0) is 14.3 Å². The van der Waals surface area contributed by atoms with Crippen molar-refractivity contribution < 1.29 is 24.5 Å². The minimum atomic E-state index is -1.23. The SMILES string of the molecule is CNC1CCC23CC24CCC2(C)C5C(C)CC(C(OC(C)=O)C(C)(C)O)OC5C(O)C2(C)C4CCC3C1(C)C. The van der Waals surface area contributed by atoms with Crippen molar-refractivity contribution >= 4 is 5.97 Å². The molecule has 222 valence electrons. The summed E-state index contributed by atoms with van der Waals surface area (Å²) in [7, 11) is 2.14. The van der Waals surface area contributed by atoms with Crippen LogP contribution in [0.2, 0.25) is 0 Å². The molecule has 5 aliphatic carbocycles. The summed E-state index contributed by atoms with van der Waals surface area (Å²) in [5.74, 6) is 1.41. The van der Waals surface area contributed by atoms with Crippen LogP contribution in [0.3, 0.4) is 0 Å². The van der Waals surface area contributed by atoms with Crippen molar-refractivity contribution in [3.8, 4) is 0 Å². The quantitative estimate of drug-likeness (QED) is 0.427. The summed E-state index contributed by atoms with van der Waals surface area (Å²) in [5, 5.41) is 27.0. The van der Waals surface area contributed by atoms with Gasteiger partial charge in [-0.3, -0.25) is 4.79 Å². The first-order valence-electron chi connectivity index (χ1n) is 15.9. The van der Waals surface area contributed by atoms with Gasteiger partial charge in [-0.05, 0) is 118 Å². The van der Waals surface area contributed by atoms with Crippen molar-refractivity contribution in [2.24, 2.45) is 50.7 Å². The highest BCUT2D eigenvalue weighted by atomic mass is 16.6. The maximum Gasteiger partial charge on any atom is 0.303 e. The summed E-state index contributed by atoms with van der Waals surface area (Å²) in [4.78, 5) is 12.0. The van der Waals surface area contributed by atoms with Gasteiger partial charge in [-0.1, -0.05) is 34.6 Å². The van der Waals surface area contributed by atoms with E-state index in [9.17, 15) is 15.0 Å². The van der Waals surface area contributed by atoms with Crippen molar-refractivity contribution in [3.05, 3.63) is 0 Å². The van der Waals surface area contributed by atoms with E-state index in [0.717, 1.165) is 18.8 Å². The summed E-state index contributed by atoms with van der Waals surface area (Å²) in [6, 6.07) is 0.582. The molecular weight excluding hydrogens is 490 g/mol. The van der Waals surface area contributed by atoms with Crippen LogP contribution >= 0.6 is 0 Å². The first-order chi connectivity index (χ1) is 18.0. The van der Waals surface area contributed by atoms with E-state index < -0.39 is 29.9 Å². The minimum Gasteiger partial charge on any atom is -0.457 e. The number of hydrogen-bond acceptors (Lipinski definition) is 6. The Morgan fingerprint density at radius 3 is 2.31 bits per heavy atom. The van der Waals surface area contributed by atoms with Crippen LogP contribution in [0.25, 0.3) is 0 Å². The molecule has 6 fully saturated rings. The number of esters is 1. The summed E-state index contributed by atoms with van der Waals surface area (Å²) in [5.41, 5.74) is -0.370. The molecule has 6 rings (SSSR count). The lowest BCUT2D eigenvalue weighted by molar-refractivity contribution is -0.216. The second kappa shape index (κ2) is 8.45. The smallest absolute Gasteiger partial charge is 0.303 e. The van der Waals surface area contributed by atoms with Crippen molar-refractivity contribution in [2.75, 3.05) is 7.05 Å². The molecular formula is C33H55NO5. The van der Waals surface area contributed by atoms with Crippen LogP contribution < -0.4 is 5.32 Å². The van der Waals surface area contributed by atoms with E-state index in [2.05, 4.69) is 47.0 Å². The van der Waals surface area contributed by atoms with E-state index in [1.165, 1.54) is 45.4 Å². The van der Waals surface area contributed by atoms with E-state index in [0.29, 0.717) is 34.1 Å². The summed E-state index contributed by atoms with van der Waals surface area (Å²) in [6.07, 6.45) is 7.50. The molecule has 6 heteroatoms. The topological polar surface area (TPSA) is 88.0 Å². The normalized spacial score (nSPS) is 54.3. The second-order valence-electron chi connectivity index (χ2n) is 16.6. The third-order valence-electron chi connectivity index (χ3n) is 14.5. The molecule has 1 heterocycles. The highest BCUT2D eigenvalue weighted by Gasteiger charge is 2.84. The van der Waals surface area contributed by atoms with Crippen LogP contribution in [0.1, 0.15) is 107 Å². The van der Waals surface area contributed by atoms with Crippen LogP contribution in [0, 0.1) is 50.7 Å². The number of carbonyl (C=O) groups excluding carboxylic acids is 1. The van der Waals surface area contributed by atoms with E-state index >= 15 is 0 Å². The molecule has 39 heavy (non-hydrogen) atoms. The fourth-order valence-electron chi connectivity index (χ4n) is 12.9. The second-order valence-corrected chi connectivity index (χ2v) is 16.6. The lowest BCUT2D eigenvalue weighted by Gasteiger charge is -2.64. The van der Waals surface area contributed by atoms with Crippen LogP contribution in [0.15, 0.2) is 0 Å². The Morgan fingerprint density at radius 1 is 1.05 bits per heavy atom. The van der Waals surface area contributed by atoms with Gasteiger partial charge in [0.1, 0.15) is 0 Å². The van der Waals surface area contributed by atoms with Gasteiger partial charge >= 0.3 is 5.97 Å². The van der Waals surface area contributed by atoms with Gasteiger partial charge in [0.2, 0.25) is 0 Å². The molecule has 6 nitrogen and oxygen atoms in total. The number of aliphatic hydroxyl groups is 2. The zero-order valence-corrected chi connectivity index (χ0v) is 26.0. The van der Waals surface area contributed by atoms with Gasteiger partial charge in [0.25, 0.3) is 0 Å². The third kappa shape index (κ3) is 3.38. The number of ether oxygens (including phenoxy) is 2. The molecule has 0 bridgehead atoms. The lowest BCUT2D eigenvalue weighted by Crippen LogP contribution is -2.60. The van der Waals surface area contributed by atoms with E-state index in [1.807, 2.05) is 0 Å². The van der Waals surface area contributed by atoms with Gasteiger partial charge in [0, 0.05) is 18.4 Å². The average molecular weight is 546 g/mol. The number of aliphatic hydroxyl groups excluding tert-OH is 1. The molecule has 0 radical (unpaired) electrons. The minimum absolute atomic E-state index is 0.00262. The number of nitrogens with one attached hydrogen (secondary N) is 1. The third-order valence-corrected chi connectivity index (χ3v) is 14.5. The van der Waals surface area contributed by atoms with Crippen molar-refractivity contribution in [1.29, 1.82) is 0 Å². The van der Waals surface area contributed by atoms with Gasteiger partial charge in [-0.2, -0.15) is 0 Å². The Bertz CT molecular complexity index is 1020. The maximum absolute atomic E-state index is 12.4. The molecule has 1 saturated heterocycles. The molecule has 0 amide bonds. The zero-order chi connectivity index (χ0) is 28.6. The molecule has 13 atom stereocenters. The Hall–Kier alpha value is -0.690. The first kappa shape index (κ1) is 28.4. The Morgan fingerprint density at radius 2 is 1.69 bits per heavy atom. The molecule has 3 N–H and O–H groups in total. The van der Waals surface area contributed by atoms with Gasteiger partial charge < -0.3 is 25.0 Å². The van der Waals surface area contributed by atoms with E-state index in [1.54, 1.807) is 13.8 Å². The first-order valence-corrected chi connectivity index (χ1v) is 15.9.